The van der Waals surface area contributed by atoms with Crippen LogP contribution in [0.15, 0.2) is 60.9 Å². The van der Waals surface area contributed by atoms with Crippen LogP contribution in [0.3, 0.4) is 0 Å². The molecule has 3 atom stereocenters. The monoisotopic (exact) mass is 431 g/mol. The average molecular weight is 431 g/mol. The topological polar surface area (TPSA) is 115 Å². The summed E-state index contributed by atoms with van der Waals surface area (Å²) < 4.78 is 0. The number of carbonyl (C=O) groups excluding carboxylic acids is 3. The molecule has 1 aliphatic heterocycles. The Labute approximate surface area is 186 Å². The number of hydrogen-bond donors (Lipinski definition) is 3. The lowest BCUT2D eigenvalue weighted by Gasteiger charge is -2.23. The van der Waals surface area contributed by atoms with Crippen molar-refractivity contribution in [3.8, 4) is 0 Å². The fraction of sp³-hybridized carbons (Fsp3) is 0.292. The third-order valence-electron chi connectivity index (χ3n) is 5.73. The van der Waals surface area contributed by atoms with E-state index in [4.69, 9.17) is 5.41 Å². The van der Waals surface area contributed by atoms with Crippen LogP contribution in [0.2, 0.25) is 0 Å². The van der Waals surface area contributed by atoms with Gasteiger partial charge in [-0.05, 0) is 30.5 Å². The number of benzene rings is 1. The van der Waals surface area contributed by atoms with Crippen LogP contribution in [0.25, 0.3) is 0 Å². The van der Waals surface area contributed by atoms with Crippen LogP contribution in [-0.2, 0) is 14.4 Å². The molecule has 0 radical (unpaired) electrons. The molecule has 32 heavy (non-hydrogen) atoms. The van der Waals surface area contributed by atoms with Gasteiger partial charge in [0.1, 0.15) is 17.6 Å². The van der Waals surface area contributed by atoms with Crippen molar-refractivity contribution in [1.82, 2.24) is 15.2 Å². The number of nitrogens with zero attached hydrogens (tertiary/aromatic N) is 2. The van der Waals surface area contributed by atoms with Gasteiger partial charge in [-0.1, -0.05) is 36.4 Å². The second kappa shape index (κ2) is 9.13. The summed E-state index contributed by atoms with van der Waals surface area (Å²) in [6.45, 7) is 1.20. The number of carbonyl (C=O) groups is 3. The molecule has 2 aliphatic rings. The van der Waals surface area contributed by atoms with E-state index < -0.39 is 6.04 Å². The summed E-state index contributed by atoms with van der Waals surface area (Å²) in [5.41, 5.74) is 1.37. The smallest absolute Gasteiger partial charge is 0.246 e. The SMILES string of the molecule is CC(=O)C(=N)c1cccnc1NCC(=O)N1C=CC[C@H]1C(=O)N[C@@H]1C[C@H]1c1ccccc1. The number of rotatable bonds is 8. The first-order valence-corrected chi connectivity index (χ1v) is 10.6. The predicted octanol–water partition coefficient (Wildman–Crippen LogP) is 2.24. The predicted molar refractivity (Wildman–Crippen MR) is 120 cm³/mol. The van der Waals surface area contributed by atoms with Gasteiger partial charge in [0.15, 0.2) is 5.78 Å². The number of pyridine rings is 1. The largest absolute Gasteiger partial charge is 0.360 e. The fourth-order valence-electron chi connectivity index (χ4n) is 3.90. The maximum absolute atomic E-state index is 12.8. The lowest BCUT2D eigenvalue weighted by atomic mass is 10.1. The quantitative estimate of drug-likeness (QED) is 0.555. The van der Waals surface area contributed by atoms with E-state index in [-0.39, 0.29) is 41.7 Å². The van der Waals surface area contributed by atoms with Crippen molar-refractivity contribution in [2.24, 2.45) is 0 Å². The molecule has 0 bridgehead atoms. The molecular formula is C24H25N5O3. The number of ketones is 1. The molecule has 2 heterocycles. The maximum atomic E-state index is 12.8. The van der Waals surface area contributed by atoms with Crippen molar-refractivity contribution in [2.75, 3.05) is 11.9 Å². The number of aromatic nitrogens is 1. The minimum Gasteiger partial charge on any atom is -0.360 e. The molecule has 1 aromatic heterocycles. The van der Waals surface area contributed by atoms with Gasteiger partial charge in [0, 0.05) is 36.8 Å². The average Bonchev–Trinajstić information content (AvgIpc) is 3.39. The maximum Gasteiger partial charge on any atom is 0.246 e. The summed E-state index contributed by atoms with van der Waals surface area (Å²) in [6.07, 6.45) is 6.32. The van der Waals surface area contributed by atoms with Gasteiger partial charge in [0.05, 0.1) is 6.54 Å². The molecular weight excluding hydrogens is 406 g/mol. The van der Waals surface area contributed by atoms with Crippen molar-refractivity contribution in [3.05, 3.63) is 72.1 Å². The molecule has 1 saturated carbocycles. The third kappa shape index (κ3) is 4.59. The highest BCUT2D eigenvalue weighted by atomic mass is 16.2. The molecule has 4 rings (SSSR count). The van der Waals surface area contributed by atoms with Gasteiger partial charge in [-0.3, -0.25) is 19.8 Å². The Morgan fingerprint density at radius 1 is 1.16 bits per heavy atom. The van der Waals surface area contributed by atoms with Crippen LogP contribution >= 0.6 is 0 Å². The van der Waals surface area contributed by atoms with E-state index in [1.54, 1.807) is 24.4 Å². The van der Waals surface area contributed by atoms with Crippen LogP contribution in [0.5, 0.6) is 0 Å². The second-order valence-corrected chi connectivity index (χ2v) is 7.99. The summed E-state index contributed by atoms with van der Waals surface area (Å²) in [6, 6.07) is 12.8. The number of nitrogens with one attached hydrogen (secondary N) is 3. The Hall–Kier alpha value is -3.81. The van der Waals surface area contributed by atoms with Crippen LogP contribution in [0.4, 0.5) is 5.82 Å². The van der Waals surface area contributed by atoms with E-state index in [0.717, 1.165) is 6.42 Å². The lowest BCUT2D eigenvalue weighted by Crippen LogP contribution is -2.47. The molecule has 1 fully saturated rings. The molecule has 1 aromatic carbocycles. The molecule has 0 spiro atoms. The summed E-state index contributed by atoms with van der Waals surface area (Å²) in [5.74, 6) is -0.238. The van der Waals surface area contributed by atoms with Crippen LogP contribution in [0.1, 0.15) is 36.8 Å². The molecule has 164 valence electrons. The van der Waals surface area contributed by atoms with Gasteiger partial charge in [-0.15, -0.1) is 0 Å². The van der Waals surface area contributed by atoms with E-state index in [9.17, 15) is 14.4 Å². The molecule has 2 amide bonds. The van der Waals surface area contributed by atoms with E-state index >= 15 is 0 Å². The third-order valence-corrected chi connectivity index (χ3v) is 5.73. The van der Waals surface area contributed by atoms with Crippen molar-refractivity contribution in [2.45, 2.75) is 37.8 Å². The summed E-state index contributed by atoms with van der Waals surface area (Å²) in [7, 11) is 0. The second-order valence-electron chi connectivity index (χ2n) is 7.99. The molecule has 1 aliphatic carbocycles. The van der Waals surface area contributed by atoms with Crippen LogP contribution in [-0.4, -0.2) is 51.8 Å². The molecule has 3 N–H and O–H groups in total. The zero-order valence-electron chi connectivity index (χ0n) is 17.7. The molecule has 0 unspecified atom stereocenters. The first-order chi connectivity index (χ1) is 15.5. The highest BCUT2D eigenvalue weighted by Gasteiger charge is 2.41. The van der Waals surface area contributed by atoms with E-state index in [2.05, 4.69) is 27.8 Å². The Morgan fingerprint density at radius 3 is 2.69 bits per heavy atom. The number of anilines is 1. The number of Topliss-reactive ketones (excluding diaryl/α,β-unsaturated/α-hetero) is 1. The standard InChI is InChI=1S/C24H25N5O3/c1-15(30)22(25)17-9-5-11-26-23(17)27-14-21(31)29-12-6-10-20(29)24(32)28-19-13-18(19)16-7-3-2-4-8-16/h2-9,11-12,18-20,25H,10,13-14H2,1H3,(H,26,27)(H,28,32)/t18-,19+,20-/m0/s1. The number of hydrogen-bond acceptors (Lipinski definition) is 6. The Kier molecular flexibility index (Phi) is 6.11. The van der Waals surface area contributed by atoms with Gasteiger partial charge < -0.3 is 15.5 Å². The summed E-state index contributed by atoms with van der Waals surface area (Å²) in [5, 5.41) is 13.9. The molecule has 2 aromatic rings. The Morgan fingerprint density at radius 2 is 1.94 bits per heavy atom. The van der Waals surface area contributed by atoms with Gasteiger partial charge in [0.25, 0.3) is 0 Å². The summed E-state index contributed by atoms with van der Waals surface area (Å²) >= 11 is 0. The first-order valence-electron chi connectivity index (χ1n) is 10.6. The van der Waals surface area contributed by atoms with E-state index in [1.165, 1.54) is 23.6 Å². The van der Waals surface area contributed by atoms with Gasteiger partial charge in [-0.2, -0.15) is 0 Å². The minimum atomic E-state index is -0.583. The fourth-order valence-corrected chi connectivity index (χ4v) is 3.90. The van der Waals surface area contributed by atoms with Crippen LogP contribution < -0.4 is 10.6 Å². The zero-order valence-corrected chi connectivity index (χ0v) is 17.7. The molecule has 8 nitrogen and oxygen atoms in total. The highest BCUT2D eigenvalue weighted by molar-refractivity contribution is 6.45. The van der Waals surface area contributed by atoms with Gasteiger partial charge >= 0.3 is 0 Å². The van der Waals surface area contributed by atoms with E-state index in [1.807, 2.05) is 18.2 Å². The summed E-state index contributed by atoms with van der Waals surface area (Å²) in [4.78, 5) is 42.8. The zero-order chi connectivity index (χ0) is 22.7. The van der Waals surface area contributed by atoms with Crippen molar-refractivity contribution >= 4 is 29.1 Å². The highest BCUT2D eigenvalue weighted by Crippen LogP contribution is 2.40. The number of amides is 2. The van der Waals surface area contributed by atoms with Gasteiger partial charge in [0.2, 0.25) is 11.8 Å². The molecule has 0 saturated heterocycles. The normalized spacial score (nSPS) is 21.2. The van der Waals surface area contributed by atoms with E-state index in [0.29, 0.717) is 17.9 Å². The van der Waals surface area contributed by atoms with Crippen molar-refractivity contribution in [1.29, 1.82) is 5.41 Å². The van der Waals surface area contributed by atoms with Crippen LogP contribution in [0, 0.1) is 5.41 Å². The first kappa shape index (κ1) is 21.4. The van der Waals surface area contributed by atoms with Crippen molar-refractivity contribution < 1.29 is 14.4 Å². The lowest BCUT2D eigenvalue weighted by molar-refractivity contribution is -0.135. The Bertz CT molecular complexity index is 1080. The minimum absolute atomic E-state index is 0.0919. The Balaban J connectivity index is 1.34. The van der Waals surface area contributed by atoms with Gasteiger partial charge in [-0.25, -0.2) is 4.98 Å². The molecule has 8 heteroatoms. The van der Waals surface area contributed by atoms with Crippen molar-refractivity contribution in [3.63, 3.8) is 0 Å².